The number of methoxy groups -OCH3 is 2. The molecule has 1 aromatic heterocycles. The molecule has 0 saturated heterocycles. The fourth-order valence-electron chi connectivity index (χ4n) is 4.35. The van der Waals surface area contributed by atoms with E-state index in [0.717, 1.165) is 22.8 Å². The molecule has 4 rings (SSSR count). The third-order valence-electron chi connectivity index (χ3n) is 6.48. The van der Waals surface area contributed by atoms with E-state index in [9.17, 15) is 18.0 Å². The quantitative estimate of drug-likeness (QED) is 0.202. The van der Waals surface area contributed by atoms with Gasteiger partial charge in [0.2, 0.25) is 0 Å². The number of nitrogens with zero attached hydrogens (tertiary/aromatic N) is 2. The third kappa shape index (κ3) is 8.55. The standard InChI is InChI=1S/C31H32F3N3O3S/c1-21-7-9-23(10-8-21)17-37(18-24-5-4-6-25(15-24)31(32,33)34)19-29-36-26(20-41-29)30(38)35-14-13-22-11-12-27(39-2)28(16-22)40-3/h4-12,15-16,20H,13-14,17-19H2,1-3H3,(H,35,38). The number of rotatable bonds is 12. The van der Waals surface area contributed by atoms with Crippen molar-refractivity contribution < 1.29 is 27.4 Å². The lowest BCUT2D eigenvalue weighted by Crippen LogP contribution is -2.26. The molecular weight excluding hydrogens is 551 g/mol. The first-order valence-electron chi connectivity index (χ1n) is 13.0. The topological polar surface area (TPSA) is 63.7 Å². The Morgan fingerprint density at radius 2 is 1.61 bits per heavy atom. The molecule has 0 unspecified atom stereocenters. The van der Waals surface area contributed by atoms with Gasteiger partial charge in [0.25, 0.3) is 5.91 Å². The molecule has 1 N–H and O–H groups in total. The summed E-state index contributed by atoms with van der Waals surface area (Å²) in [6.45, 7) is 3.61. The maximum Gasteiger partial charge on any atom is 0.416 e. The Morgan fingerprint density at radius 1 is 0.902 bits per heavy atom. The van der Waals surface area contributed by atoms with Gasteiger partial charge in [-0.05, 0) is 48.2 Å². The average Bonchev–Trinajstić information content (AvgIpc) is 3.42. The van der Waals surface area contributed by atoms with Crippen molar-refractivity contribution in [1.29, 1.82) is 0 Å². The van der Waals surface area contributed by atoms with Crippen LogP contribution in [0.5, 0.6) is 11.5 Å². The summed E-state index contributed by atoms with van der Waals surface area (Å²) in [7, 11) is 3.15. The number of amides is 1. The van der Waals surface area contributed by atoms with Crippen molar-refractivity contribution >= 4 is 17.2 Å². The summed E-state index contributed by atoms with van der Waals surface area (Å²) in [5, 5.41) is 5.31. The zero-order valence-corrected chi connectivity index (χ0v) is 23.9. The second-order valence-electron chi connectivity index (χ2n) is 9.65. The van der Waals surface area contributed by atoms with Gasteiger partial charge in [0.1, 0.15) is 10.7 Å². The molecule has 0 aliphatic heterocycles. The number of nitrogens with one attached hydrogen (secondary N) is 1. The summed E-state index contributed by atoms with van der Waals surface area (Å²) in [4.78, 5) is 19.3. The van der Waals surface area contributed by atoms with Crippen molar-refractivity contribution in [3.63, 3.8) is 0 Å². The Kier molecular flexibility index (Phi) is 10.0. The van der Waals surface area contributed by atoms with Gasteiger partial charge in [-0.2, -0.15) is 13.2 Å². The second-order valence-corrected chi connectivity index (χ2v) is 10.6. The van der Waals surface area contributed by atoms with Crippen molar-refractivity contribution in [1.82, 2.24) is 15.2 Å². The van der Waals surface area contributed by atoms with E-state index >= 15 is 0 Å². The number of thiazole rings is 1. The van der Waals surface area contributed by atoms with Crippen molar-refractivity contribution in [3.05, 3.63) is 111 Å². The normalized spacial score (nSPS) is 11.5. The zero-order valence-electron chi connectivity index (χ0n) is 23.1. The van der Waals surface area contributed by atoms with E-state index in [1.807, 2.05) is 54.3 Å². The van der Waals surface area contributed by atoms with Crippen LogP contribution in [0.3, 0.4) is 0 Å². The third-order valence-corrected chi connectivity index (χ3v) is 7.31. The van der Waals surface area contributed by atoms with E-state index < -0.39 is 11.7 Å². The van der Waals surface area contributed by atoms with E-state index in [2.05, 4.69) is 10.3 Å². The first kappa shape index (κ1) is 30.1. The zero-order chi connectivity index (χ0) is 29.4. The molecule has 216 valence electrons. The Labute approximate surface area is 241 Å². The molecule has 6 nitrogen and oxygen atoms in total. The van der Waals surface area contributed by atoms with Gasteiger partial charge < -0.3 is 14.8 Å². The lowest BCUT2D eigenvalue weighted by Gasteiger charge is -2.22. The van der Waals surface area contributed by atoms with Gasteiger partial charge in [0.05, 0.1) is 26.3 Å². The highest BCUT2D eigenvalue weighted by Crippen LogP contribution is 2.30. The molecule has 0 radical (unpaired) electrons. The maximum atomic E-state index is 13.3. The van der Waals surface area contributed by atoms with Crippen LogP contribution in [0.1, 0.15) is 43.3 Å². The number of ether oxygens (including phenoxy) is 2. The number of hydrogen-bond donors (Lipinski definition) is 1. The van der Waals surface area contributed by atoms with Crippen LogP contribution in [-0.2, 0) is 32.2 Å². The number of benzene rings is 3. The fraction of sp³-hybridized carbons (Fsp3) is 0.290. The number of carbonyl (C=O) groups excluding carboxylic acids is 1. The van der Waals surface area contributed by atoms with Gasteiger partial charge in [-0.15, -0.1) is 11.3 Å². The molecule has 0 fully saturated rings. The molecule has 1 heterocycles. The molecule has 0 saturated carbocycles. The fourth-order valence-corrected chi connectivity index (χ4v) is 5.17. The number of alkyl halides is 3. The number of hydrogen-bond acceptors (Lipinski definition) is 6. The van der Waals surface area contributed by atoms with Gasteiger partial charge in [0, 0.05) is 25.0 Å². The largest absolute Gasteiger partial charge is 0.493 e. The molecule has 0 spiro atoms. The summed E-state index contributed by atoms with van der Waals surface area (Å²) in [5.74, 6) is 0.983. The van der Waals surface area contributed by atoms with Gasteiger partial charge in [-0.3, -0.25) is 9.69 Å². The van der Waals surface area contributed by atoms with Gasteiger partial charge in [-0.1, -0.05) is 54.1 Å². The average molecular weight is 584 g/mol. The van der Waals surface area contributed by atoms with Gasteiger partial charge in [-0.25, -0.2) is 4.98 Å². The van der Waals surface area contributed by atoms with E-state index in [1.54, 1.807) is 25.7 Å². The SMILES string of the molecule is COc1ccc(CCNC(=O)c2csc(CN(Cc3ccc(C)cc3)Cc3cccc(C(F)(F)F)c3)n2)cc1OC. The predicted octanol–water partition coefficient (Wildman–Crippen LogP) is 6.66. The molecule has 0 aliphatic rings. The van der Waals surface area contributed by atoms with Crippen LogP contribution in [-0.4, -0.2) is 36.6 Å². The highest BCUT2D eigenvalue weighted by Gasteiger charge is 2.30. The summed E-state index contributed by atoms with van der Waals surface area (Å²) in [6.07, 6.45) is -3.81. The first-order valence-corrected chi connectivity index (χ1v) is 13.9. The van der Waals surface area contributed by atoms with E-state index in [1.165, 1.54) is 23.5 Å². The highest BCUT2D eigenvalue weighted by atomic mass is 32.1. The monoisotopic (exact) mass is 583 g/mol. The highest BCUT2D eigenvalue weighted by molar-refractivity contribution is 7.09. The van der Waals surface area contributed by atoms with Gasteiger partial charge >= 0.3 is 6.18 Å². The van der Waals surface area contributed by atoms with Crippen LogP contribution in [0.4, 0.5) is 13.2 Å². The predicted molar refractivity (Wildman–Crippen MR) is 153 cm³/mol. The lowest BCUT2D eigenvalue weighted by atomic mass is 10.1. The lowest BCUT2D eigenvalue weighted by molar-refractivity contribution is -0.137. The van der Waals surface area contributed by atoms with Crippen LogP contribution in [0.15, 0.2) is 72.1 Å². The number of aryl methyl sites for hydroxylation is 1. The van der Waals surface area contributed by atoms with Crippen LogP contribution < -0.4 is 14.8 Å². The Balaban J connectivity index is 1.41. The molecule has 1 amide bonds. The molecule has 0 atom stereocenters. The summed E-state index contributed by atoms with van der Waals surface area (Å²) in [6, 6.07) is 19.0. The van der Waals surface area contributed by atoms with E-state index in [0.29, 0.717) is 60.4 Å². The Morgan fingerprint density at radius 3 is 2.32 bits per heavy atom. The van der Waals surface area contributed by atoms with Crippen LogP contribution >= 0.6 is 11.3 Å². The summed E-state index contributed by atoms with van der Waals surface area (Å²) >= 11 is 1.35. The number of carbonyl (C=O) groups is 1. The first-order chi connectivity index (χ1) is 19.6. The minimum atomic E-state index is -4.41. The number of aromatic nitrogens is 1. The van der Waals surface area contributed by atoms with Crippen LogP contribution in [0, 0.1) is 6.92 Å². The summed E-state index contributed by atoms with van der Waals surface area (Å²) in [5.41, 5.74) is 3.34. The molecular formula is C31H32F3N3O3S. The molecule has 10 heteroatoms. The van der Waals surface area contributed by atoms with Gasteiger partial charge in [0.15, 0.2) is 11.5 Å². The van der Waals surface area contributed by atoms with Crippen molar-refractivity contribution in [2.75, 3.05) is 20.8 Å². The molecule has 0 aliphatic carbocycles. The van der Waals surface area contributed by atoms with E-state index in [-0.39, 0.29) is 5.91 Å². The van der Waals surface area contributed by atoms with E-state index in [4.69, 9.17) is 9.47 Å². The molecule has 4 aromatic rings. The molecule has 3 aromatic carbocycles. The van der Waals surface area contributed by atoms with Crippen molar-refractivity contribution in [2.45, 2.75) is 39.2 Å². The Hall–Kier alpha value is -3.89. The molecule has 0 bridgehead atoms. The smallest absolute Gasteiger partial charge is 0.416 e. The van der Waals surface area contributed by atoms with Crippen molar-refractivity contribution in [3.8, 4) is 11.5 Å². The maximum absolute atomic E-state index is 13.3. The number of halogens is 3. The second kappa shape index (κ2) is 13.6. The molecule has 41 heavy (non-hydrogen) atoms. The minimum Gasteiger partial charge on any atom is -0.493 e. The Bertz CT molecular complexity index is 1450. The van der Waals surface area contributed by atoms with Crippen LogP contribution in [0.25, 0.3) is 0 Å². The van der Waals surface area contributed by atoms with Crippen molar-refractivity contribution in [2.24, 2.45) is 0 Å². The van der Waals surface area contributed by atoms with Crippen LogP contribution in [0.2, 0.25) is 0 Å². The minimum absolute atomic E-state index is 0.282. The summed E-state index contributed by atoms with van der Waals surface area (Å²) < 4.78 is 50.5.